The number of carbonyl (C=O) groups is 2. The Morgan fingerprint density at radius 3 is 2.29 bits per heavy atom. The first-order chi connectivity index (χ1) is 13.4. The summed E-state index contributed by atoms with van der Waals surface area (Å²) in [5, 5.41) is 2.89. The minimum atomic E-state index is -3.69. The lowest BCUT2D eigenvalue weighted by molar-refractivity contribution is -0.146. The third kappa shape index (κ3) is 4.72. The van der Waals surface area contributed by atoms with Gasteiger partial charge in [-0.2, -0.15) is 4.31 Å². The van der Waals surface area contributed by atoms with E-state index in [2.05, 4.69) is 5.32 Å². The number of rotatable bonds is 5. The summed E-state index contributed by atoms with van der Waals surface area (Å²) in [5.74, 6) is -0.753. The number of carbonyl (C=O) groups excluding carboxylic acids is 2. The fraction of sp³-hybridized carbons (Fsp3) is 0.600. The van der Waals surface area contributed by atoms with Crippen LogP contribution in [0.2, 0.25) is 0 Å². The van der Waals surface area contributed by atoms with Crippen molar-refractivity contribution in [2.45, 2.75) is 49.8 Å². The molecule has 1 aromatic carbocycles. The highest BCUT2D eigenvalue weighted by Crippen LogP contribution is 2.27. The number of piperidine rings is 1. The second kappa shape index (κ2) is 9.05. The molecule has 0 aromatic heterocycles. The molecular weight excluding hydrogens is 380 g/mol. The quantitative estimate of drug-likeness (QED) is 0.756. The van der Waals surface area contributed by atoms with Crippen LogP contribution in [-0.2, 0) is 24.3 Å². The van der Waals surface area contributed by atoms with Gasteiger partial charge in [-0.05, 0) is 49.9 Å². The molecule has 7 nitrogen and oxygen atoms in total. The van der Waals surface area contributed by atoms with Crippen molar-refractivity contribution >= 4 is 27.6 Å². The molecule has 1 N–H and O–H groups in total. The first kappa shape index (κ1) is 20.8. The molecule has 0 spiro atoms. The van der Waals surface area contributed by atoms with Gasteiger partial charge in [0, 0.05) is 24.7 Å². The van der Waals surface area contributed by atoms with Gasteiger partial charge in [0.1, 0.15) is 0 Å². The molecule has 1 aromatic rings. The van der Waals surface area contributed by atoms with Crippen molar-refractivity contribution in [3.8, 4) is 0 Å². The van der Waals surface area contributed by atoms with Crippen molar-refractivity contribution in [2.75, 3.05) is 25.5 Å². The van der Waals surface area contributed by atoms with Crippen LogP contribution in [0.25, 0.3) is 0 Å². The fourth-order valence-corrected chi connectivity index (χ4v) is 5.51. The van der Waals surface area contributed by atoms with Gasteiger partial charge >= 0.3 is 5.97 Å². The molecule has 1 saturated carbocycles. The number of esters is 1. The summed E-state index contributed by atoms with van der Waals surface area (Å²) < 4.78 is 31.9. The Kier molecular flexibility index (Phi) is 6.72. The molecule has 2 aliphatic rings. The molecule has 1 heterocycles. The van der Waals surface area contributed by atoms with Gasteiger partial charge in [0.05, 0.1) is 17.9 Å². The summed E-state index contributed by atoms with van der Waals surface area (Å²) in [6.07, 6.45) is 6.42. The van der Waals surface area contributed by atoms with Gasteiger partial charge in [-0.3, -0.25) is 9.59 Å². The van der Waals surface area contributed by atoms with Crippen LogP contribution in [0.1, 0.15) is 44.9 Å². The number of nitrogens with zero attached hydrogens (tertiary/aromatic N) is 1. The third-order valence-corrected chi connectivity index (χ3v) is 7.53. The van der Waals surface area contributed by atoms with E-state index in [4.69, 9.17) is 4.74 Å². The molecular formula is C20H28N2O5S. The average Bonchev–Trinajstić information content (AvgIpc) is 2.74. The number of sulfonamides is 1. The molecule has 0 radical (unpaired) electrons. The minimum Gasteiger partial charge on any atom is -0.469 e. The minimum absolute atomic E-state index is 0.00672. The molecule has 154 valence electrons. The third-order valence-electron chi connectivity index (χ3n) is 5.65. The van der Waals surface area contributed by atoms with Crippen molar-refractivity contribution in [3.63, 3.8) is 0 Å². The van der Waals surface area contributed by atoms with Gasteiger partial charge in [-0.25, -0.2) is 8.42 Å². The van der Waals surface area contributed by atoms with Gasteiger partial charge in [-0.15, -0.1) is 0 Å². The van der Waals surface area contributed by atoms with Crippen LogP contribution in [-0.4, -0.2) is 44.8 Å². The number of hydrogen-bond acceptors (Lipinski definition) is 5. The first-order valence-electron chi connectivity index (χ1n) is 9.90. The largest absolute Gasteiger partial charge is 0.469 e. The van der Waals surface area contributed by atoms with E-state index in [1.165, 1.54) is 30.0 Å². The highest BCUT2D eigenvalue weighted by Gasteiger charge is 2.33. The maximum atomic E-state index is 12.9. The van der Waals surface area contributed by atoms with Crippen LogP contribution in [0.4, 0.5) is 5.69 Å². The Balaban J connectivity index is 1.66. The molecule has 1 saturated heterocycles. The molecule has 1 aliphatic carbocycles. The highest BCUT2D eigenvalue weighted by atomic mass is 32.2. The van der Waals surface area contributed by atoms with Crippen molar-refractivity contribution in [1.82, 2.24) is 4.31 Å². The van der Waals surface area contributed by atoms with Crippen molar-refractivity contribution in [1.29, 1.82) is 0 Å². The van der Waals surface area contributed by atoms with Crippen LogP contribution in [0, 0.1) is 11.8 Å². The van der Waals surface area contributed by atoms with Crippen LogP contribution >= 0.6 is 0 Å². The SMILES string of the molecule is COC(=O)[C@H]1CCCN(S(=O)(=O)c2ccc(NC(=O)C3CCCCC3)cc2)C1. The normalized spacial score (nSPS) is 21.8. The Morgan fingerprint density at radius 2 is 1.64 bits per heavy atom. The van der Waals surface area contributed by atoms with E-state index < -0.39 is 15.9 Å². The first-order valence-corrected chi connectivity index (χ1v) is 11.3. The molecule has 1 aliphatic heterocycles. The molecule has 2 fully saturated rings. The summed E-state index contributed by atoms with van der Waals surface area (Å²) in [7, 11) is -2.37. The van der Waals surface area contributed by atoms with Crippen LogP contribution in [0.3, 0.4) is 0 Å². The molecule has 0 unspecified atom stereocenters. The summed E-state index contributed by atoms with van der Waals surface area (Å²) in [6, 6.07) is 6.26. The van der Waals surface area contributed by atoms with Crippen LogP contribution < -0.4 is 5.32 Å². The van der Waals surface area contributed by atoms with Crippen molar-refractivity contribution in [2.24, 2.45) is 11.8 Å². The average molecular weight is 409 g/mol. The number of ether oxygens (including phenoxy) is 1. The summed E-state index contributed by atoms with van der Waals surface area (Å²) >= 11 is 0. The number of methoxy groups -OCH3 is 1. The Hall–Kier alpha value is -1.93. The Morgan fingerprint density at radius 1 is 1.00 bits per heavy atom. The zero-order valence-electron chi connectivity index (χ0n) is 16.2. The smallest absolute Gasteiger partial charge is 0.309 e. The number of amides is 1. The zero-order valence-corrected chi connectivity index (χ0v) is 17.0. The lowest BCUT2D eigenvalue weighted by Gasteiger charge is -2.30. The fourth-order valence-electron chi connectivity index (χ4n) is 3.99. The van der Waals surface area contributed by atoms with Gasteiger partial charge in [0.15, 0.2) is 0 Å². The molecule has 1 amide bonds. The van der Waals surface area contributed by atoms with E-state index >= 15 is 0 Å². The monoisotopic (exact) mass is 408 g/mol. The highest BCUT2D eigenvalue weighted by molar-refractivity contribution is 7.89. The number of anilines is 1. The number of nitrogens with one attached hydrogen (secondary N) is 1. The van der Waals surface area contributed by atoms with Gasteiger partial charge < -0.3 is 10.1 Å². The maximum Gasteiger partial charge on any atom is 0.309 e. The second-order valence-corrected chi connectivity index (χ2v) is 9.51. The summed E-state index contributed by atoms with van der Waals surface area (Å²) in [6.45, 7) is 0.519. The van der Waals surface area contributed by atoms with Crippen LogP contribution in [0.5, 0.6) is 0 Å². The Bertz CT molecular complexity index is 800. The van der Waals surface area contributed by atoms with Crippen molar-refractivity contribution in [3.05, 3.63) is 24.3 Å². The molecule has 28 heavy (non-hydrogen) atoms. The molecule has 0 bridgehead atoms. The zero-order chi connectivity index (χ0) is 20.1. The van der Waals surface area contributed by atoms with E-state index in [0.29, 0.717) is 25.1 Å². The predicted octanol–water partition coefficient (Wildman–Crippen LogP) is 2.78. The van der Waals surface area contributed by atoms with Crippen molar-refractivity contribution < 1.29 is 22.7 Å². The van der Waals surface area contributed by atoms with E-state index in [-0.39, 0.29) is 29.2 Å². The second-order valence-electron chi connectivity index (χ2n) is 7.57. The number of hydrogen-bond donors (Lipinski definition) is 1. The maximum absolute atomic E-state index is 12.9. The van der Waals surface area contributed by atoms with E-state index in [0.717, 1.165) is 25.7 Å². The lowest BCUT2D eigenvalue weighted by Crippen LogP contribution is -2.42. The van der Waals surface area contributed by atoms with Gasteiger partial charge in [0.2, 0.25) is 15.9 Å². The topological polar surface area (TPSA) is 92.8 Å². The van der Waals surface area contributed by atoms with Gasteiger partial charge in [-0.1, -0.05) is 19.3 Å². The van der Waals surface area contributed by atoms with E-state index in [1.807, 2.05) is 0 Å². The predicted molar refractivity (Wildman–Crippen MR) is 105 cm³/mol. The summed E-state index contributed by atoms with van der Waals surface area (Å²) in [5.41, 5.74) is 0.598. The number of benzene rings is 1. The van der Waals surface area contributed by atoms with E-state index in [1.54, 1.807) is 12.1 Å². The van der Waals surface area contributed by atoms with Gasteiger partial charge in [0.25, 0.3) is 0 Å². The Labute approximate surface area is 166 Å². The van der Waals surface area contributed by atoms with Crippen LogP contribution in [0.15, 0.2) is 29.2 Å². The standard InChI is InChI=1S/C20H28N2O5S/c1-27-20(24)16-8-5-13-22(14-16)28(25,26)18-11-9-17(10-12-18)21-19(23)15-6-3-2-4-7-15/h9-12,15-16H,2-8,13-14H2,1H3,(H,21,23)/t16-/m0/s1. The molecule has 3 rings (SSSR count). The lowest BCUT2D eigenvalue weighted by atomic mass is 9.88. The summed E-state index contributed by atoms with van der Waals surface area (Å²) in [4.78, 5) is 24.3. The molecule has 1 atom stereocenters. The molecule has 8 heteroatoms. The van der Waals surface area contributed by atoms with E-state index in [9.17, 15) is 18.0 Å².